The Morgan fingerprint density at radius 2 is 1.04 bits per heavy atom. The summed E-state index contributed by atoms with van der Waals surface area (Å²) in [7, 11) is 0. The van der Waals surface area contributed by atoms with Gasteiger partial charge in [0.15, 0.2) is 0 Å². The van der Waals surface area contributed by atoms with Crippen LogP contribution in [0.3, 0.4) is 0 Å². The predicted octanol–water partition coefficient (Wildman–Crippen LogP) is 14.4. The lowest BCUT2D eigenvalue weighted by atomic mass is 9.86. The number of benzene rings is 8. The Labute approximate surface area is 323 Å². The van der Waals surface area contributed by atoms with E-state index in [0.29, 0.717) is 0 Å². The van der Waals surface area contributed by atoms with E-state index in [1.807, 2.05) is 11.3 Å². The second-order valence-corrected chi connectivity index (χ2v) is 15.5. The van der Waals surface area contributed by atoms with Crippen molar-refractivity contribution in [3.8, 4) is 33.5 Å². The van der Waals surface area contributed by atoms with Crippen LogP contribution in [0.25, 0.3) is 91.8 Å². The maximum absolute atomic E-state index is 5.54. The van der Waals surface area contributed by atoms with Gasteiger partial charge in [0.1, 0.15) is 0 Å². The molecule has 1 aliphatic rings. The molecule has 0 fully saturated rings. The maximum atomic E-state index is 5.54. The fraction of sp³-hybridized carbons (Fsp3) is 0.0385. The molecule has 1 unspecified atom stereocenters. The fourth-order valence-electron chi connectivity index (χ4n) is 8.52. The molecule has 2 aromatic heterocycles. The van der Waals surface area contributed by atoms with E-state index in [9.17, 15) is 0 Å². The van der Waals surface area contributed by atoms with Crippen molar-refractivity contribution in [3.05, 3.63) is 199 Å². The molecule has 0 saturated carbocycles. The molecule has 0 bridgehead atoms. The third-order valence-corrected chi connectivity index (χ3v) is 12.4. The van der Waals surface area contributed by atoms with Gasteiger partial charge in [-0.2, -0.15) is 0 Å². The molecule has 3 heteroatoms. The highest BCUT2D eigenvalue weighted by molar-refractivity contribution is 7.26. The molecule has 0 N–H and O–H groups in total. The second kappa shape index (κ2) is 13.0. The summed E-state index contributed by atoms with van der Waals surface area (Å²) < 4.78 is 2.67. The van der Waals surface area contributed by atoms with Crippen molar-refractivity contribution in [3.63, 3.8) is 0 Å². The van der Waals surface area contributed by atoms with Gasteiger partial charge < -0.3 is 0 Å². The van der Waals surface area contributed by atoms with Crippen LogP contribution >= 0.6 is 11.3 Å². The molecular weight excluding hydrogens is 685 g/mol. The smallest absolute Gasteiger partial charge is 0.0979 e. The van der Waals surface area contributed by atoms with Crippen LogP contribution in [0.2, 0.25) is 0 Å². The molecule has 8 aromatic carbocycles. The summed E-state index contributed by atoms with van der Waals surface area (Å²) in [4.78, 5) is 11.0. The summed E-state index contributed by atoms with van der Waals surface area (Å²) in [5.41, 5.74) is 12.1. The van der Waals surface area contributed by atoms with Gasteiger partial charge >= 0.3 is 0 Å². The average molecular weight is 719 g/mol. The SMILES string of the molecule is C1=CC(c2nc3c4ccccc4c4ccccc4c3nc2-c2ccccc2)=CC(c2cccc(-c3cccc(-c4cccc5c4sc4ccccc45)c3)c2)C1. The minimum Gasteiger partial charge on any atom is -0.243 e. The number of nitrogens with zero attached hydrogens (tertiary/aromatic N) is 2. The Morgan fingerprint density at radius 3 is 1.82 bits per heavy atom. The molecule has 258 valence electrons. The minimum atomic E-state index is 0.199. The molecule has 11 rings (SSSR count). The maximum Gasteiger partial charge on any atom is 0.0979 e. The highest BCUT2D eigenvalue weighted by Crippen LogP contribution is 2.42. The van der Waals surface area contributed by atoms with Crippen molar-refractivity contribution in [2.45, 2.75) is 12.3 Å². The van der Waals surface area contributed by atoms with Crippen molar-refractivity contribution in [2.75, 3.05) is 0 Å². The lowest BCUT2D eigenvalue weighted by Gasteiger charge is -2.20. The quantitative estimate of drug-likeness (QED) is 0.166. The highest BCUT2D eigenvalue weighted by atomic mass is 32.1. The first kappa shape index (κ1) is 31.8. The van der Waals surface area contributed by atoms with Gasteiger partial charge in [-0.3, -0.25) is 0 Å². The van der Waals surface area contributed by atoms with E-state index >= 15 is 0 Å². The third kappa shape index (κ3) is 5.39. The Balaban J connectivity index is 1.02. The molecule has 55 heavy (non-hydrogen) atoms. The summed E-state index contributed by atoms with van der Waals surface area (Å²) in [6.07, 6.45) is 7.88. The van der Waals surface area contributed by atoms with Crippen molar-refractivity contribution in [1.82, 2.24) is 9.97 Å². The molecule has 0 aliphatic heterocycles. The van der Waals surface area contributed by atoms with E-state index in [4.69, 9.17) is 9.97 Å². The second-order valence-electron chi connectivity index (χ2n) is 14.4. The van der Waals surface area contributed by atoms with Crippen LogP contribution in [-0.4, -0.2) is 9.97 Å². The van der Waals surface area contributed by atoms with Crippen LogP contribution in [0.5, 0.6) is 0 Å². The average Bonchev–Trinajstić information content (AvgIpc) is 3.66. The molecule has 0 spiro atoms. The fourth-order valence-corrected chi connectivity index (χ4v) is 9.76. The normalized spacial score (nSPS) is 14.3. The lowest BCUT2D eigenvalue weighted by Crippen LogP contribution is -2.04. The molecule has 0 saturated heterocycles. The number of allylic oxidation sites excluding steroid dienone is 4. The molecule has 1 atom stereocenters. The molecule has 2 nitrogen and oxygen atoms in total. The van der Waals surface area contributed by atoms with Crippen LogP contribution in [0.1, 0.15) is 23.6 Å². The summed E-state index contributed by atoms with van der Waals surface area (Å²) in [6.45, 7) is 0. The largest absolute Gasteiger partial charge is 0.243 e. The van der Waals surface area contributed by atoms with Gasteiger partial charge in [0, 0.05) is 42.4 Å². The molecule has 2 heterocycles. The van der Waals surface area contributed by atoms with Gasteiger partial charge in [-0.15, -0.1) is 11.3 Å². The number of hydrogen-bond donors (Lipinski definition) is 0. The first-order chi connectivity index (χ1) is 27.3. The van der Waals surface area contributed by atoms with Crippen molar-refractivity contribution >= 4 is 69.7 Å². The van der Waals surface area contributed by atoms with Crippen LogP contribution in [0.15, 0.2) is 188 Å². The van der Waals surface area contributed by atoms with Gasteiger partial charge in [0.25, 0.3) is 0 Å². The number of hydrogen-bond acceptors (Lipinski definition) is 3. The molecule has 0 radical (unpaired) electrons. The lowest BCUT2D eigenvalue weighted by molar-refractivity contribution is 0.856. The zero-order chi connectivity index (χ0) is 36.3. The van der Waals surface area contributed by atoms with Crippen molar-refractivity contribution < 1.29 is 0 Å². The van der Waals surface area contributed by atoms with Gasteiger partial charge in [-0.25, -0.2) is 9.97 Å². The predicted molar refractivity (Wildman–Crippen MR) is 235 cm³/mol. The number of fused-ring (bicyclic) bond motifs is 9. The molecule has 0 amide bonds. The van der Waals surface area contributed by atoms with E-state index in [0.717, 1.165) is 50.8 Å². The number of thiophene rings is 1. The molecular formula is C52H34N2S. The summed E-state index contributed by atoms with van der Waals surface area (Å²) in [6, 6.07) is 61.3. The summed E-state index contributed by atoms with van der Waals surface area (Å²) >= 11 is 1.88. The standard InChI is InChI=1S/C52H34N2S/c1-2-14-33(15-3-1)48-49(54-51-45-26-7-5-23-42(45)41-22-4-6-25-44(41)50(51)53-48)39-21-12-19-37(32-39)35-17-10-16-34(30-35)36-18-11-20-38(31-36)40-27-13-28-46-43-24-8-9-29-47(43)55-52(40)46/h1-18,20-32,37H,19H2. The zero-order valence-corrected chi connectivity index (χ0v) is 30.8. The summed E-state index contributed by atoms with van der Waals surface area (Å²) in [5.74, 6) is 0.199. The first-order valence-corrected chi connectivity index (χ1v) is 19.7. The van der Waals surface area contributed by atoms with Crippen LogP contribution in [0.4, 0.5) is 0 Å². The van der Waals surface area contributed by atoms with Crippen LogP contribution in [-0.2, 0) is 0 Å². The van der Waals surface area contributed by atoms with Gasteiger partial charge in [-0.1, -0.05) is 176 Å². The summed E-state index contributed by atoms with van der Waals surface area (Å²) in [5, 5.41) is 7.30. The van der Waals surface area contributed by atoms with E-state index < -0.39 is 0 Å². The zero-order valence-electron chi connectivity index (χ0n) is 30.0. The first-order valence-electron chi connectivity index (χ1n) is 18.9. The molecule has 1 aliphatic carbocycles. The third-order valence-electron chi connectivity index (χ3n) is 11.2. The highest BCUT2D eigenvalue weighted by Gasteiger charge is 2.21. The van der Waals surface area contributed by atoms with E-state index in [1.165, 1.54) is 58.8 Å². The van der Waals surface area contributed by atoms with Crippen LogP contribution in [0, 0.1) is 0 Å². The van der Waals surface area contributed by atoms with E-state index in [1.54, 1.807) is 0 Å². The monoisotopic (exact) mass is 718 g/mol. The minimum absolute atomic E-state index is 0.199. The Hall–Kier alpha value is -6.68. The number of aromatic nitrogens is 2. The van der Waals surface area contributed by atoms with E-state index in [-0.39, 0.29) is 5.92 Å². The van der Waals surface area contributed by atoms with E-state index in [2.05, 4.69) is 188 Å². The van der Waals surface area contributed by atoms with Gasteiger partial charge in [-0.05, 0) is 62.7 Å². The van der Waals surface area contributed by atoms with Crippen molar-refractivity contribution in [2.24, 2.45) is 0 Å². The van der Waals surface area contributed by atoms with Gasteiger partial charge in [0.2, 0.25) is 0 Å². The Morgan fingerprint density at radius 1 is 0.455 bits per heavy atom. The topological polar surface area (TPSA) is 25.8 Å². The van der Waals surface area contributed by atoms with Crippen LogP contribution < -0.4 is 0 Å². The Bertz CT molecular complexity index is 3190. The molecule has 10 aromatic rings. The number of rotatable bonds is 5. The Kier molecular flexibility index (Phi) is 7.53. The van der Waals surface area contributed by atoms with Gasteiger partial charge in [0.05, 0.1) is 22.4 Å². The van der Waals surface area contributed by atoms with Crippen molar-refractivity contribution in [1.29, 1.82) is 0 Å².